The van der Waals surface area contributed by atoms with Gasteiger partial charge in [0.05, 0.1) is 6.04 Å². The Morgan fingerprint density at radius 3 is 3.08 bits per heavy atom. The van der Waals surface area contributed by atoms with Crippen LogP contribution < -0.4 is 10.5 Å². The standard InChI is InChI=1S/C10H13NO2/c1-6-2-3-9-7(4-6)10(12)8(11)5-13-9/h2-4,8,10,12H,5,11H2,1H3/t8-,10-/m0/s1. The zero-order chi connectivity index (χ0) is 9.42. The Labute approximate surface area is 77.1 Å². The fraction of sp³-hybridized carbons (Fsp3) is 0.400. The number of hydrogen-bond acceptors (Lipinski definition) is 3. The van der Waals surface area contributed by atoms with E-state index in [1.807, 2.05) is 25.1 Å². The van der Waals surface area contributed by atoms with Gasteiger partial charge >= 0.3 is 0 Å². The van der Waals surface area contributed by atoms with Gasteiger partial charge in [-0.2, -0.15) is 0 Å². The first-order chi connectivity index (χ1) is 6.18. The second-order valence-electron chi connectivity index (χ2n) is 3.46. The summed E-state index contributed by atoms with van der Waals surface area (Å²) in [7, 11) is 0. The van der Waals surface area contributed by atoms with Gasteiger partial charge in [-0.1, -0.05) is 11.6 Å². The van der Waals surface area contributed by atoms with Crippen LogP contribution >= 0.6 is 0 Å². The molecule has 13 heavy (non-hydrogen) atoms. The fourth-order valence-electron chi connectivity index (χ4n) is 1.54. The lowest BCUT2D eigenvalue weighted by Gasteiger charge is -2.27. The molecule has 0 saturated heterocycles. The summed E-state index contributed by atoms with van der Waals surface area (Å²) in [4.78, 5) is 0. The number of aliphatic hydroxyl groups is 1. The van der Waals surface area contributed by atoms with Crippen molar-refractivity contribution < 1.29 is 9.84 Å². The summed E-state index contributed by atoms with van der Waals surface area (Å²) < 4.78 is 5.38. The first-order valence-corrected chi connectivity index (χ1v) is 4.35. The first kappa shape index (κ1) is 8.53. The Bertz CT molecular complexity index is 325. The van der Waals surface area contributed by atoms with Crippen LogP contribution in [0, 0.1) is 6.92 Å². The van der Waals surface area contributed by atoms with E-state index in [2.05, 4.69) is 0 Å². The molecule has 3 nitrogen and oxygen atoms in total. The van der Waals surface area contributed by atoms with Crippen LogP contribution in [-0.4, -0.2) is 17.8 Å². The van der Waals surface area contributed by atoms with Gasteiger partial charge in [-0.3, -0.25) is 0 Å². The molecule has 0 aliphatic carbocycles. The Morgan fingerprint density at radius 1 is 1.54 bits per heavy atom. The Hall–Kier alpha value is -1.06. The molecule has 0 saturated carbocycles. The number of hydrogen-bond donors (Lipinski definition) is 2. The van der Waals surface area contributed by atoms with Crippen molar-refractivity contribution in [3.05, 3.63) is 29.3 Å². The van der Waals surface area contributed by atoms with Crippen molar-refractivity contribution in [2.75, 3.05) is 6.61 Å². The molecule has 0 fully saturated rings. The highest BCUT2D eigenvalue weighted by atomic mass is 16.5. The van der Waals surface area contributed by atoms with E-state index in [0.717, 1.165) is 16.9 Å². The number of nitrogens with two attached hydrogens (primary N) is 1. The Morgan fingerprint density at radius 2 is 2.31 bits per heavy atom. The van der Waals surface area contributed by atoms with Gasteiger partial charge in [-0.15, -0.1) is 0 Å². The van der Waals surface area contributed by atoms with Crippen LogP contribution in [0.4, 0.5) is 0 Å². The number of benzene rings is 1. The van der Waals surface area contributed by atoms with Gasteiger partial charge in [0.25, 0.3) is 0 Å². The molecule has 1 heterocycles. The lowest BCUT2D eigenvalue weighted by molar-refractivity contribution is 0.0915. The summed E-state index contributed by atoms with van der Waals surface area (Å²) in [5.41, 5.74) is 7.58. The summed E-state index contributed by atoms with van der Waals surface area (Å²) in [6.07, 6.45) is -0.594. The number of fused-ring (bicyclic) bond motifs is 1. The summed E-state index contributed by atoms with van der Waals surface area (Å²) in [6, 6.07) is 5.44. The second kappa shape index (κ2) is 3.01. The predicted octanol–water partition coefficient (Wildman–Crippen LogP) is 0.748. The SMILES string of the molecule is Cc1ccc2c(c1)[C@H](O)[C@@H](N)CO2. The quantitative estimate of drug-likeness (QED) is 0.618. The molecule has 0 aromatic heterocycles. The number of ether oxygens (including phenoxy) is 1. The van der Waals surface area contributed by atoms with E-state index in [4.69, 9.17) is 10.5 Å². The van der Waals surface area contributed by atoms with E-state index in [0.29, 0.717) is 6.61 Å². The van der Waals surface area contributed by atoms with Crippen LogP contribution in [-0.2, 0) is 0 Å². The van der Waals surface area contributed by atoms with Crippen molar-refractivity contribution in [2.24, 2.45) is 5.73 Å². The molecule has 0 unspecified atom stereocenters. The molecule has 3 N–H and O–H groups in total. The molecule has 0 radical (unpaired) electrons. The minimum absolute atomic E-state index is 0.311. The molecule has 0 amide bonds. The molecule has 2 rings (SSSR count). The topological polar surface area (TPSA) is 55.5 Å². The summed E-state index contributed by atoms with van der Waals surface area (Å²) in [5, 5.41) is 9.75. The molecule has 0 bridgehead atoms. The fourth-order valence-corrected chi connectivity index (χ4v) is 1.54. The van der Waals surface area contributed by atoms with Crippen molar-refractivity contribution in [3.63, 3.8) is 0 Å². The Kier molecular flexibility index (Phi) is 1.98. The molecular formula is C10H13NO2. The highest BCUT2D eigenvalue weighted by Gasteiger charge is 2.26. The van der Waals surface area contributed by atoms with E-state index in [1.165, 1.54) is 0 Å². The van der Waals surface area contributed by atoms with Crippen LogP contribution in [0.2, 0.25) is 0 Å². The van der Waals surface area contributed by atoms with Crippen molar-refractivity contribution in [1.29, 1.82) is 0 Å². The molecule has 70 valence electrons. The van der Waals surface area contributed by atoms with Crippen LogP contribution in [0.5, 0.6) is 5.75 Å². The summed E-state index contributed by atoms with van der Waals surface area (Å²) >= 11 is 0. The van der Waals surface area contributed by atoms with Crippen LogP contribution in [0.1, 0.15) is 17.2 Å². The third-order valence-corrected chi connectivity index (χ3v) is 2.32. The maximum atomic E-state index is 9.75. The van der Waals surface area contributed by atoms with Gasteiger partial charge in [-0.25, -0.2) is 0 Å². The molecule has 1 aromatic carbocycles. The number of aryl methyl sites for hydroxylation is 1. The van der Waals surface area contributed by atoms with Gasteiger partial charge in [0.15, 0.2) is 0 Å². The van der Waals surface area contributed by atoms with E-state index in [-0.39, 0.29) is 6.04 Å². The molecule has 1 aliphatic heterocycles. The van der Waals surface area contributed by atoms with Crippen LogP contribution in [0.3, 0.4) is 0 Å². The van der Waals surface area contributed by atoms with Gasteiger partial charge < -0.3 is 15.6 Å². The predicted molar refractivity (Wildman–Crippen MR) is 49.6 cm³/mol. The van der Waals surface area contributed by atoms with E-state index < -0.39 is 6.10 Å². The molecular weight excluding hydrogens is 166 g/mol. The van der Waals surface area contributed by atoms with Crippen molar-refractivity contribution in [3.8, 4) is 5.75 Å². The van der Waals surface area contributed by atoms with Gasteiger partial charge in [0.1, 0.15) is 18.5 Å². The highest BCUT2D eigenvalue weighted by molar-refractivity contribution is 5.40. The van der Waals surface area contributed by atoms with Crippen molar-refractivity contribution in [2.45, 2.75) is 19.1 Å². The minimum atomic E-state index is -0.594. The van der Waals surface area contributed by atoms with Gasteiger partial charge in [-0.05, 0) is 19.1 Å². The van der Waals surface area contributed by atoms with Crippen molar-refractivity contribution in [1.82, 2.24) is 0 Å². The zero-order valence-electron chi connectivity index (χ0n) is 7.53. The maximum Gasteiger partial charge on any atom is 0.125 e. The zero-order valence-corrected chi connectivity index (χ0v) is 7.53. The van der Waals surface area contributed by atoms with Crippen LogP contribution in [0.25, 0.3) is 0 Å². The van der Waals surface area contributed by atoms with E-state index in [1.54, 1.807) is 0 Å². The van der Waals surface area contributed by atoms with Crippen LogP contribution in [0.15, 0.2) is 18.2 Å². The second-order valence-corrected chi connectivity index (χ2v) is 3.46. The highest BCUT2D eigenvalue weighted by Crippen LogP contribution is 2.31. The largest absolute Gasteiger partial charge is 0.491 e. The lowest BCUT2D eigenvalue weighted by Crippen LogP contribution is -2.38. The normalized spacial score (nSPS) is 26.4. The third kappa shape index (κ3) is 1.41. The number of aliphatic hydroxyl groups excluding tert-OH is 1. The summed E-state index contributed by atoms with van der Waals surface area (Å²) in [5.74, 6) is 0.750. The number of rotatable bonds is 0. The summed E-state index contributed by atoms with van der Waals surface area (Å²) in [6.45, 7) is 2.37. The monoisotopic (exact) mass is 179 g/mol. The molecule has 0 spiro atoms. The molecule has 3 heteroatoms. The Balaban J connectivity index is 2.45. The average Bonchev–Trinajstić information content (AvgIpc) is 2.12. The van der Waals surface area contributed by atoms with Crippen molar-refractivity contribution >= 4 is 0 Å². The minimum Gasteiger partial charge on any atom is -0.491 e. The van der Waals surface area contributed by atoms with E-state index in [9.17, 15) is 5.11 Å². The third-order valence-electron chi connectivity index (χ3n) is 2.32. The lowest BCUT2D eigenvalue weighted by atomic mass is 9.98. The van der Waals surface area contributed by atoms with Gasteiger partial charge in [0.2, 0.25) is 0 Å². The average molecular weight is 179 g/mol. The van der Waals surface area contributed by atoms with E-state index >= 15 is 0 Å². The smallest absolute Gasteiger partial charge is 0.125 e. The molecule has 1 aromatic rings. The first-order valence-electron chi connectivity index (χ1n) is 4.35. The maximum absolute atomic E-state index is 9.75. The molecule has 1 aliphatic rings. The molecule has 2 atom stereocenters. The van der Waals surface area contributed by atoms with Gasteiger partial charge in [0, 0.05) is 5.56 Å².